The first-order valence-electron chi connectivity index (χ1n) is 6.18. The molecule has 1 aliphatic carbocycles. The molecule has 0 atom stereocenters. The summed E-state index contributed by atoms with van der Waals surface area (Å²) < 4.78 is 5.80. The van der Waals surface area contributed by atoms with E-state index in [9.17, 15) is 0 Å². The van der Waals surface area contributed by atoms with E-state index in [4.69, 9.17) is 4.74 Å². The Morgan fingerprint density at radius 1 is 1.44 bits per heavy atom. The predicted octanol–water partition coefficient (Wildman–Crippen LogP) is 3.22. The van der Waals surface area contributed by atoms with Crippen LogP contribution in [0.15, 0.2) is 24.5 Å². The number of hydrogen-bond donors (Lipinski definition) is 0. The zero-order valence-corrected chi connectivity index (χ0v) is 10.3. The molecule has 0 saturated heterocycles. The van der Waals surface area contributed by atoms with E-state index in [0.29, 0.717) is 0 Å². The van der Waals surface area contributed by atoms with Gasteiger partial charge in [0.2, 0.25) is 0 Å². The maximum absolute atomic E-state index is 5.80. The summed E-state index contributed by atoms with van der Waals surface area (Å²) in [5.74, 6) is 0.858. The van der Waals surface area contributed by atoms with E-state index in [-0.39, 0.29) is 5.60 Å². The third-order valence-corrected chi connectivity index (χ3v) is 3.87. The van der Waals surface area contributed by atoms with Crippen LogP contribution in [0.4, 0.5) is 0 Å². The van der Waals surface area contributed by atoms with Gasteiger partial charge in [0.25, 0.3) is 0 Å². The van der Waals surface area contributed by atoms with Gasteiger partial charge in [-0.05, 0) is 43.2 Å². The molecule has 0 bridgehead atoms. The molecule has 0 radical (unpaired) electrons. The van der Waals surface area contributed by atoms with Gasteiger partial charge >= 0.3 is 0 Å². The van der Waals surface area contributed by atoms with Crippen molar-refractivity contribution >= 4 is 0 Å². The minimum atomic E-state index is 0.0650. The second-order valence-electron chi connectivity index (χ2n) is 5.11. The number of rotatable bonds is 3. The van der Waals surface area contributed by atoms with Crippen molar-refractivity contribution in [3.8, 4) is 0 Å². The summed E-state index contributed by atoms with van der Waals surface area (Å²) >= 11 is 0. The van der Waals surface area contributed by atoms with Gasteiger partial charge in [-0.2, -0.15) is 0 Å². The first-order chi connectivity index (χ1) is 7.74. The lowest BCUT2D eigenvalue weighted by atomic mass is 9.76. The second kappa shape index (κ2) is 4.96. The summed E-state index contributed by atoms with van der Waals surface area (Å²) in [7, 11) is 1.85. The highest BCUT2D eigenvalue weighted by Crippen LogP contribution is 2.36. The first-order valence-corrected chi connectivity index (χ1v) is 6.18. The van der Waals surface area contributed by atoms with Crippen molar-refractivity contribution in [2.45, 2.75) is 44.6 Å². The Morgan fingerprint density at radius 3 is 2.75 bits per heavy atom. The molecule has 1 saturated carbocycles. The van der Waals surface area contributed by atoms with E-state index < -0.39 is 0 Å². The molecular weight excluding hydrogens is 198 g/mol. The number of aromatic nitrogens is 1. The van der Waals surface area contributed by atoms with Crippen LogP contribution in [0.2, 0.25) is 0 Å². The Balaban J connectivity index is 2.05. The zero-order chi connectivity index (χ0) is 11.4. The average Bonchev–Trinajstić information content (AvgIpc) is 2.34. The van der Waals surface area contributed by atoms with Crippen molar-refractivity contribution < 1.29 is 4.74 Å². The third kappa shape index (κ3) is 2.62. The van der Waals surface area contributed by atoms with Crippen molar-refractivity contribution in [1.29, 1.82) is 0 Å². The molecular formula is C14H21NO. The summed E-state index contributed by atoms with van der Waals surface area (Å²) in [6.45, 7) is 2.34. The van der Waals surface area contributed by atoms with E-state index in [1.807, 2.05) is 25.6 Å². The topological polar surface area (TPSA) is 22.1 Å². The molecule has 2 rings (SSSR count). The molecule has 2 nitrogen and oxygen atoms in total. The average molecular weight is 219 g/mol. The monoisotopic (exact) mass is 219 g/mol. The van der Waals surface area contributed by atoms with Crippen molar-refractivity contribution in [2.24, 2.45) is 5.92 Å². The van der Waals surface area contributed by atoms with Crippen LogP contribution in [0, 0.1) is 5.92 Å². The second-order valence-corrected chi connectivity index (χ2v) is 5.11. The highest BCUT2D eigenvalue weighted by molar-refractivity contribution is 5.12. The lowest BCUT2D eigenvalue weighted by Crippen LogP contribution is -2.38. The molecule has 16 heavy (non-hydrogen) atoms. The van der Waals surface area contributed by atoms with E-state index in [1.165, 1.54) is 31.2 Å². The Morgan fingerprint density at radius 2 is 2.19 bits per heavy atom. The Hall–Kier alpha value is -0.890. The predicted molar refractivity (Wildman–Crippen MR) is 65.3 cm³/mol. The van der Waals surface area contributed by atoms with Crippen LogP contribution >= 0.6 is 0 Å². The van der Waals surface area contributed by atoms with Gasteiger partial charge in [0.15, 0.2) is 0 Å². The Bertz CT molecular complexity index is 315. The van der Waals surface area contributed by atoms with Gasteiger partial charge < -0.3 is 4.74 Å². The molecule has 0 unspecified atom stereocenters. The number of methoxy groups -OCH3 is 1. The molecule has 0 spiro atoms. The lowest BCUT2D eigenvalue weighted by molar-refractivity contribution is -0.0470. The summed E-state index contributed by atoms with van der Waals surface area (Å²) in [4.78, 5) is 4.17. The molecule has 1 aliphatic rings. The standard InChI is InChI=1S/C14H21NO/c1-12-5-7-14(16-2,8-6-12)10-13-4-3-9-15-11-13/h3-4,9,11-12H,5-8,10H2,1-2H3. The molecule has 2 heteroatoms. The van der Waals surface area contributed by atoms with Crippen molar-refractivity contribution in [1.82, 2.24) is 4.98 Å². The van der Waals surface area contributed by atoms with Gasteiger partial charge in [0, 0.05) is 25.9 Å². The highest BCUT2D eigenvalue weighted by atomic mass is 16.5. The van der Waals surface area contributed by atoms with Crippen molar-refractivity contribution in [3.05, 3.63) is 30.1 Å². The SMILES string of the molecule is COC1(Cc2cccnc2)CCC(C)CC1. The quantitative estimate of drug-likeness (QED) is 0.778. The van der Waals surface area contributed by atoms with Crippen LogP contribution in [-0.2, 0) is 11.2 Å². The molecule has 0 aromatic carbocycles. The molecule has 0 amide bonds. The van der Waals surface area contributed by atoms with Gasteiger partial charge in [-0.15, -0.1) is 0 Å². The van der Waals surface area contributed by atoms with Crippen LogP contribution in [-0.4, -0.2) is 17.7 Å². The van der Waals surface area contributed by atoms with E-state index in [1.54, 1.807) is 0 Å². The molecule has 1 aromatic heterocycles. The minimum absolute atomic E-state index is 0.0650. The van der Waals surface area contributed by atoms with Gasteiger partial charge in [-0.3, -0.25) is 4.98 Å². The number of pyridine rings is 1. The van der Waals surface area contributed by atoms with Gasteiger partial charge in [0.05, 0.1) is 5.60 Å². The maximum Gasteiger partial charge on any atom is 0.0719 e. The van der Waals surface area contributed by atoms with Gasteiger partial charge in [-0.25, -0.2) is 0 Å². The summed E-state index contributed by atoms with van der Waals surface area (Å²) in [5, 5.41) is 0. The Labute approximate surface area is 98.0 Å². The van der Waals surface area contributed by atoms with Crippen LogP contribution in [0.1, 0.15) is 38.2 Å². The van der Waals surface area contributed by atoms with Gasteiger partial charge in [0.1, 0.15) is 0 Å². The fraction of sp³-hybridized carbons (Fsp3) is 0.643. The minimum Gasteiger partial charge on any atom is -0.378 e. The molecule has 0 N–H and O–H groups in total. The smallest absolute Gasteiger partial charge is 0.0719 e. The van der Waals surface area contributed by atoms with Crippen LogP contribution < -0.4 is 0 Å². The highest BCUT2D eigenvalue weighted by Gasteiger charge is 2.34. The van der Waals surface area contributed by atoms with Gasteiger partial charge in [-0.1, -0.05) is 13.0 Å². The fourth-order valence-corrected chi connectivity index (χ4v) is 2.62. The third-order valence-electron chi connectivity index (χ3n) is 3.87. The van der Waals surface area contributed by atoms with Crippen molar-refractivity contribution in [2.75, 3.05) is 7.11 Å². The van der Waals surface area contributed by atoms with Crippen LogP contribution in [0.25, 0.3) is 0 Å². The molecule has 88 valence electrons. The normalized spacial score (nSPS) is 30.2. The first kappa shape index (κ1) is 11.6. The Kier molecular flexibility index (Phi) is 3.59. The van der Waals surface area contributed by atoms with E-state index in [2.05, 4.69) is 18.0 Å². The number of ether oxygens (including phenoxy) is 1. The zero-order valence-electron chi connectivity index (χ0n) is 10.3. The maximum atomic E-state index is 5.80. The van der Waals surface area contributed by atoms with E-state index >= 15 is 0 Å². The largest absolute Gasteiger partial charge is 0.378 e. The molecule has 1 fully saturated rings. The molecule has 1 heterocycles. The lowest BCUT2D eigenvalue weighted by Gasteiger charge is -2.38. The van der Waals surface area contributed by atoms with Crippen LogP contribution in [0.3, 0.4) is 0 Å². The fourth-order valence-electron chi connectivity index (χ4n) is 2.62. The summed E-state index contributed by atoms with van der Waals surface area (Å²) in [6, 6.07) is 4.15. The van der Waals surface area contributed by atoms with Crippen molar-refractivity contribution in [3.63, 3.8) is 0 Å². The molecule has 0 aliphatic heterocycles. The number of hydrogen-bond acceptors (Lipinski definition) is 2. The van der Waals surface area contributed by atoms with E-state index in [0.717, 1.165) is 12.3 Å². The van der Waals surface area contributed by atoms with Crippen LogP contribution in [0.5, 0.6) is 0 Å². The summed E-state index contributed by atoms with van der Waals surface area (Å²) in [5.41, 5.74) is 1.36. The number of nitrogens with zero attached hydrogens (tertiary/aromatic N) is 1. The molecule has 1 aromatic rings. The summed E-state index contributed by atoms with van der Waals surface area (Å²) in [6.07, 6.45) is 9.72.